The van der Waals surface area contributed by atoms with Crippen LogP contribution in [-0.2, 0) is 16.2 Å². The monoisotopic (exact) mass is 610 g/mol. The van der Waals surface area contributed by atoms with E-state index in [-0.39, 0.29) is 27.8 Å². The molecule has 3 aromatic rings. The number of amides is 3. The van der Waals surface area contributed by atoms with Gasteiger partial charge in [0, 0.05) is 5.69 Å². The Morgan fingerprint density at radius 2 is 1.74 bits per heavy atom. The molecule has 0 saturated carbocycles. The lowest BCUT2D eigenvalue weighted by Gasteiger charge is -2.15. The standard InChI is InChI=1S/C30H27ClN2O8S/c1-3-39-22-10-8-21(9-11-22)32-26(34)16-33-28(35)25(42-30(33)38)15-19-13-23(31)27(24(14-19)40-4-2)41-17-18-6-5-7-20(12-18)29(36)37/h5-15H,3-4,16-17H2,1-2H3,(H,32,34)(H,36,37)/b25-15+. The number of thioether (sulfide) groups is 1. The lowest BCUT2D eigenvalue weighted by Crippen LogP contribution is -2.36. The number of benzene rings is 3. The van der Waals surface area contributed by atoms with Crippen molar-refractivity contribution in [3.63, 3.8) is 0 Å². The maximum Gasteiger partial charge on any atom is 0.335 e. The van der Waals surface area contributed by atoms with Crippen LogP contribution in [0.1, 0.15) is 35.3 Å². The molecule has 1 aliphatic rings. The van der Waals surface area contributed by atoms with Gasteiger partial charge >= 0.3 is 5.97 Å². The number of nitrogens with one attached hydrogen (secondary N) is 1. The molecule has 42 heavy (non-hydrogen) atoms. The van der Waals surface area contributed by atoms with Crippen LogP contribution in [-0.4, -0.2) is 52.8 Å². The zero-order chi connectivity index (χ0) is 30.2. The highest BCUT2D eigenvalue weighted by Crippen LogP contribution is 2.39. The molecule has 1 aliphatic heterocycles. The van der Waals surface area contributed by atoms with Gasteiger partial charge in [-0.25, -0.2) is 4.79 Å². The third-order valence-electron chi connectivity index (χ3n) is 5.81. The van der Waals surface area contributed by atoms with Crippen molar-refractivity contribution in [2.24, 2.45) is 0 Å². The summed E-state index contributed by atoms with van der Waals surface area (Å²) >= 11 is 7.22. The molecule has 0 unspecified atom stereocenters. The molecule has 0 aromatic heterocycles. The number of rotatable bonds is 12. The fourth-order valence-corrected chi connectivity index (χ4v) is 5.07. The van der Waals surface area contributed by atoms with Gasteiger partial charge in [-0.3, -0.25) is 19.3 Å². The van der Waals surface area contributed by atoms with Crippen molar-refractivity contribution in [2.75, 3.05) is 25.1 Å². The van der Waals surface area contributed by atoms with Crippen LogP contribution in [0.4, 0.5) is 10.5 Å². The van der Waals surface area contributed by atoms with E-state index in [0.29, 0.717) is 53.3 Å². The zero-order valence-corrected chi connectivity index (χ0v) is 24.3. The van der Waals surface area contributed by atoms with Gasteiger partial charge in [0.05, 0.1) is 28.7 Å². The van der Waals surface area contributed by atoms with Crippen molar-refractivity contribution in [3.05, 3.63) is 87.3 Å². The third kappa shape index (κ3) is 7.62. The first-order valence-corrected chi connectivity index (χ1v) is 14.1. The highest BCUT2D eigenvalue weighted by molar-refractivity contribution is 8.18. The molecular formula is C30H27ClN2O8S. The van der Waals surface area contributed by atoms with Gasteiger partial charge in [-0.05, 0) is 91.3 Å². The maximum atomic E-state index is 13.0. The lowest BCUT2D eigenvalue weighted by molar-refractivity contribution is -0.127. The van der Waals surface area contributed by atoms with Gasteiger partial charge in [0.15, 0.2) is 11.5 Å². The Hall–Kier alpha value is -4.48. The summed E-state index contributed by atoms with van der Waals surface area (Å²) in [6, 6.07) is 16.2. The molecule has 0 atom stereocenters. The fraction of sp³-hybridized carbons (Fsp3) is 0.200. The number of hydrogen-bond acceptors (Lipinski definition) is 8. The summed E-state index contributed by atoms with van der Waals surface area (Å²) in [5.41, 5.74) is 1.73. The van der Waals surface area contributed by atoms with Crippen LogP contribution in [0, 0.1) is 0 Å². The first kappa shape index (κ1) is 30.5. The van der Waals surface area contributed by atoms with Gasteiger partial charge in [0.1, 0.15) is 18.9 Å². The van der Waals surface area contributed by atoms with Gasteiger partial charge in [0.25, 0.3) is 11.1 Å². The molecular weight excluding hydrogens is 584 g/mol. The van der Waals surface area contributed by atoms with Gasteiger partial charge < -0.3 is 24.6 Å². The van der Waals surface area contributed by atoms with E-state index >= 15 is 0 Å². The molecule has 4 rings (SSSR count). The van der Waals surface area contributed by atoms with Crippen molar-refractivity contribution in [2.45, 2.75) is 20.5 Å². The molecule has 0 bridgehead atoms. The van der Waals surface area contributed by atoms with Gasteiger partial charge in [-0.2, -0.15) is 0 Å². The van der Waals surface area contributed by atoms with Crippen molar-refractivity contribution < 1.29 is 38.5 Å². The number of nitrogens with zero attached hydrogens (tertiary/aromatic N) is 1. The van der Waals surface area contributed by atoms with E-state index in [0.717, 1.165) is 4.90 Å². The van der Waals surface area contributed by atoms with Crippen LogP contribution in [0.3, 0.4) is 0 Å². The Labute approximate surface area is 251 Å². The van der Waals surface area contributed by atoms with Gasteiger partial charge in [-0.1, -0.05) is 23.7 Å². The Morgan fingerprint density at radius 3 is 2.43 bits per heavy atom. The van der Waals surface area contributed by atoms with Crippen molar-refractivity contribution in [3.8, 4) is 17.2 Å². The number of carboxylic acid groups (broad SMARTS) is 1. The number of halogens is 1. The smallest absolute Gasteiger partial charge is 0.335 e. The number of carbonyl (C=O) groups excluding carboxylic acids is 3. The number of hydrogen-bond donors (Lipinski definition) is 2. The van der Waals surface area contributed by atoms with E-state index in [4.69, 9.17) is 25.8 Å². The molecule has 1 heterocycles. The van der Waals surface area contributed by atoms with Gasteiger partial charge in [0.2, 0.25) is 5.91 Å². The minimum Gasteiger partial charge on any atom is -0.494 e. The Morgan fingerprint density at radius 1 is 1.00 bits per heavy atom. The number of aromatic carboxylic acids is 1. The van der Waals surface area contributed by atoms with E-state index in [1.807, 2.05) is 6.92 Å². The maximum absolute atomic E-state index is 13.0. The summed E-state index contributed by atoms with van der Waals surface area (Å²) in [6.45, 7) is 4.05. The number of ether oxygens (including phenoxy) is 3. The zero-order valence-electron chi connectivity index (χ0n) is 22.7. The second-order valence-electron chi connectivity index (χ2n) is 8.83. The summed E-state index contributed by atoms with van der Waals surface area (Å²) in [6.07, 6.45) is 1.49. The number of carboxylic acids is 1. The summed E-state index contributed by atoms with van der Waals surface area (Å²) in [5, 5.41) is 11.5. The third-order valence-corrected chi connectivity index (χ3v) is 7.00. The van der Waals surface area contributed by atoms with E-state index in [2.05, 4.69) is 5.32 Å². The van der Waals surface area contributed by atoms with Gasteiger partial charge in [-0.15, -0.1) is 0 Å². The summed E-state index contributed by atoms with van der Waals surface area (Å²) < 4.78 is 17.0. The first-order valence-electron chi connectivity index (χ1n) is 12.9. The summed E-state index contributed by atoms with van der Waals surface area (Å²) in [7, 11) is 0. The number of carbonyl (C=O) groups is 4. The second kappa shape index (κ2) is 13.9. The predicted octanol–water partition coefficient (Wildman–Crippen LogP) is 6.09. The minimum atomic E-state index is -1.05. The molecule has 1 fully saturated rings. The van der Waals surface area contributed by atoms with E-state index < -0.39 is 29.6 Å². The molecule has 1 saturated heterocycles. The molecule has 3 amide bonds. The Bertz CT molecular complexity index is 1540. The average molecular weight is 611 g/mol. The largest absolute Gasteiger partial charge is 0.494 e. The topological polar surface area (TPSA) is 131 Å². The fourth-order valence-electron chi connectivity index (χ4n) is 3.96. The molecule has 10 nitrogen and oxygen atoms in total. The molecule has 0 radical (unpaired) electrons. The Balaban J connectivity index is 1.46. The van der Waals surface area contributed by atoms with Crippen LogP contribution < -0.4 is 19.5 Å². The highest BCUT2D eigenvalue weighted by atomic mass is 35.5. The highest BCUT2D eigenvalue weighted by Gasteiger charge is 2.36. The number of anilines is 1. The molecule has 2 N–H and O–H groups in total. The van der Waals surface area contributed by atoms with E-state index in [9.17, 15) is 24.3 Å². The van der Waals surface area contributed by atoms with Crippen LogP contribution in [0.2, 0.25) is 5.02 Å². The van der Waals surface area contributed by atoms with Crippen molar-refractivity contribution in [1.29, 1.82) is 0 Å². The summed E-state index contributed by atoms with van der Waals surface area (Å²) in [5.74, 6) is -0.981. The SMILES string of the molecule is CCOc1ccc(NC(=O)CN2C(=O)S/C(=C/c3cc(Cl)c(OCc4cccc(C(=O)O)c4)c(OCC)c3)C2=O)cc1. The van der Waals surface area contributed by atoms with E-state index in [1.54, 1.807) is 55.5 Å². The molecule has 0 aliphatic carbocycles. The van der Waals surface area contributed by atoms with E-state index in [1.165, 1.54) is 18.2 Å². The minimum absolute atomic E-state index is 0.0396. The number of imide groups is 1. The molecule has 218 valence electrons. The first-order chi connectivity index (χ1) is 20.2. The van der Waals surface area contributed by atoms with Crippen molar-refractivity contribution in [1.82, 2.24) is 4.90 Å². The predicted molar refractivity (Wildman–Crippen MR) is 159 cm³/mol. The summed E-state index contributed by atoms with van der Waals surface area (Å²) in [4.78, 5) is 50.4. The normalized spacial score (nSPS) is 13.8. The average Bonchev–Trinajstić information content (AvgIpc) is 3.21. The Kier molecular flexibility index (Phi) is 10.1. The van der Waals surface area contributed by atoms with Crippen LogP contribution in [0.5, 0.6) is 17.2 Å². The quantitative estimate of drug-likeness (QED) is 0.234. The molecule has 0 spiro atoms. The van der Waals surface area contributed by atoms with Crippen LogP contribution in [0.15, 0.2) is 65.6 Å². The molecule has 12 heteroatoms. The van der Waals surface area contributed by atoms with Crippen LogP contribution >= 0.6 is 23.4 Å². The van der Waals surface area contributed by atoms with Crippen molar-refractivity contribution >= 4 is 58.1 Å². The van der Waals surface area contributed by atoms with Crippen LogP contribution in [0.25, 0.3) is 6.08 Å². The second-order valence-corrected chi connectivity index (χ2v) is 10.2. The molecule has 3 aromatic carbocycles. The lowest BCUT2D eigenvalue weighted by atomic mass is 10.1.